The van der Waals surface area contributed by atoms with Crippen LogP contribution in [0.5, 0.6) is 0 Å². The molecule has 0 saturated heterocycles. The number of pyridine rings is 1. The minimum atomic E-state index is -0.746. The van der Waals surface area contributed by atoms with Crippen molar-refractivity contribution in [2.75, 3.05) is 0 Å². The van der Waals surface area contributed by atoms with Crippen molar-refractivity contribution in [2.45, 2.75) is 21.7 Å². The molecule has 0 radical (unpaired) electrons. The molecule has 4 spiro atoms. The Kier molecular flexibility index (Phi) is 15.0. The summed E-state index contributed by atoms with van der Waals surface area (Å²) in [6.07, 6.45) is 2.03. The molecule has 574 valence electrons. The maximum atomic E-state index is 5.60. The largest absolute Gasteiger partial charge is 0.256 e. The zero-order chi connectivity index (χ0) is 81.4. The van der Waals surface area contributed by atoms with Crippen molar-refractivity contribution in [3.63, 3.8) is 0 Å². The molecule has 17 aromatic carbocycles. The molecule has 0 saturated carbocycles. The molecule has 7 heteroatoms. The lowest BCUT2D eigenvalue weighted by molar-refractivity contribution is 0.633. The summed E-state index contributed by atoms with van der Waals surface area (Å²) in [4.78, 5) is 38.0. The quantitative estimate of drug-likeness (QED) is 0.142. The van der Waals surface area contributed by atoms with E-state index in [0.29, 0.717) is 34.9 Å². The second-order valence-corrected chi connectivity index (χ2v) is 33.4. The van der Waals surface area contributed by atoms with E-state index >= 15 is 0 Å². The molecular formula is C117H71N7. The highest BCUT2D eigenvalue weighted by Crippen LogP contribution is 2.71. The van der Waals surface area contributed by atoms with Crippen LogP contribution in [0.2, 0.25) is 0 Å². The predicted molar refractivity (Wildman–Crippen MR) is 496 cm³/mol. The van der Waals surface area contributed by atoms with Gasteiger partial charge in [-0.25, -0.2) is 29.9 Å². The Bertz CT molecular complexity index is 7740. The molecule has 20 aromatic rings. The number of nitrogens with zero attached hydrogens (tertiary/aromatic N) is 7. The average molecular weight is 1570 g/mol. The standard InChI is InChI=1S/C117H71N7/c1-4-32-72(33-5-1)80-40-10-11-45-86(80)112-121-108(73-34-6-2-7-35-73)120-111(123-112)78-62-65-85-83-43-14-19-50-92(83)117(105(85)70-78)102-59-28-24-55-98(102)115(99-56-25-29-60-103(99)117)93-51-20-15-44-84(93)89-69-75(63-66-95(89)115)79-64-67-106(118-71-79)76-38-30-39-77(68-76)110-119-109(74-36-8-3-9-37-74)122-113(124-110)88-47-31-61-104-107(88)87-46-16-21-52-94(87)116(104)100-57-26-22-53-96(100)114(97-54-23-27-58-101(97)116)90-48-17-12-41-81(90)82-42-13-18-49-91(82)114/h1-71H. The molecule has 26 rings (SSSR count). The first-order valence-electron chi connectivity index (χ1n) is 42.7. The highest BCUT2D eigenvalue weighted by atomic mass is 15.0. The lowest BCUT2D eigenvalue weighted by Gasteiger charge is -2.48. The third-order valence-corrected chi connectivity index (χ3v) is 27.7. The zero-order valence-corrected chi connectivity index (χ0v) is 67.1. The number of rotatable bonds is 9. The fraction of sp³-hybridized carbons (Fsp3) is 0.0342. The molecule has 3 aromatic heterocycles. The van der Waals surface area contributed by atoms with E-state index < -0.39 is 21.7 Å². The van der Waals surface area contributed by atoms with Gasteiger partial charge in [-0.15, -0.1) is 0 Å². The van der Waals surface area contributed by atoms with Crippen molar-refractivity contribution in [1.82, 2.24) is 34.9 Å². The minimum Gasteiger partial charge on any atom is -0.256 e. The van der Waals surface area contributed by atoms with Crippen molar-refractivity contribution >= 4 is 0 Å². The Morgan fingerprint density at radius 1 is 0.137 bits per heavy atom. The number of benzene rings is 17. The van der Waals surface area contributed by atoms with Gasteiger partial charge >= 0.3 is 0 Å². The summed E-state index contributed by atoms with van der Waals surface area (Å²) in [6.45, 7) is 0. The molecule has 0 bridgehead atoms. The molecule has 0 aliphatic heterocycles. The topological polar surface area (TPSA) is 90.2 Å². The molecule has 7 nitrogen and oxygen atoms in total. The van der Waals surface area contributed by atoms with Gasteiger partial charge in [0, 0.05) is 50.7 Å². The van der Waals surface area contributed by atoms with Gasteiger partial charge in [0.2, 0.25) is 0 Å². The van der Waals surface area contributed by atoms with Gasteiger partial charge in [0.1, 0.15) is 0 Å². The summed E-state index contributed by atoms with van der Waals surface area (Å²) >= 11 is 0. The molecule has 0 atom stereocenters. The van der Waals surface area contributed by atoms with E-state index in [0.717, 1.165) is 78.0 Å². The Hall–Kier alpha value is -16.1. The van der Waals surface area contributed by atoms with Crippen LogP contribution in [0.25, 0.3) is 146 Å². The van der Waals surface area contributed by atoms with Gasteiger partial charge in [0.25, 0.3) is 0 Å². The van der Waals surface area contributed by atoms with Crippen molar-refractivity contribution in [3.8, 4) is 146 Å². The van der Waals surface area contributed by atoms with E-state index in [2.05, 4.69) is 400 Å². The normalized spacial score (nSPS) is 14.2. The Morgan fingerprint density at radius 2 is 0.435 bits per heavy atom. The number of hydrogen-bond donors (Lipinski definition) is 0. The van der Waals surface area contributed by atoms with E-state index in [1.165, 1.54) is 122 Å². The number of hydrogen-bond acceptors (Lipinski definition) is 7. The summed E-state index contributed by atoms with van der Waals surface area (Å²) in [5, 5.41) is 0. The molecule has 0 unspecified atom stereocenters. The maximum absolute atomic E-state index is 5.60. The Labute approximate surface area is 717 Å². The van der Waals surface area contributed by atoms with Gasteiger partial charge in [-0.3, -0.25) is 4.98 Å². The van der Waals surface area contributed by atoms with Crippen LogP contribution in [0.3, 0.4) is 0 Å². The van der Waals surface area contributed by atoms with E-state index in [9.17, 15) is 0 Å². The first kappa shape index (κ1) is 69.8. The fourth-order valence-corrected chi connectivity index (χ4v) is 22.9. The SMILES string of the molecule is c1ccc(-c2nc(-c3ccc4c(c3)C3(c5ccccc5-4)c4ccccc4C4(c5ccccc5-c5cc(-c6ccc(-c7cccc(-c8nc(-c9ccccc9)nc(-c9cccc%10c9-c9ccccc9C%109c%10ccccc%10C%10(c%11ccccc%11-c%11ccccc%11%10)c%10ccccc%109)n8)c7)nc6)ccc54)c4ccccc43)nc(-c3ccccc3-c3ccccc3)n2)cc1. The Morgan fingerprint density at radius 3 is 0.911 bits per heavy atom. The Balaban J connectivity index is 0.573. The summed E-state index contributed by atoms with van der Waals surface area (Å²) in [5.74, 6) is 3.60. The van der Waals surface area contributed by atoms with Crippen LogP contribution in [0.4, 0.5) is 0 Å². The smallest absolute Gasteiger partial charge is 0.164 e. The minimum absolute atomic E-state index is 0.557. The van der Waals surface area contributed by atoms with E-state index in [1.54, 1.807) is 0 Å². The third-order valence-electron chi connectivity index (χ3n) is 27.7. The third kappa shape index (κ3) is 9.52. The summed E-state index contributed by atoms with van der Waals surface area (Å²) in [7, 11) is 0. The van der Waals surface area contributed by atoms with E-state index in [-0.39, 0.29) is 0 Å². The molecule has 0 amide bonds. The van der Waals surface area contributed by atoms with Crippen molar-refractivity contribution in [1.29, 1.82) is 0 Å². The van der Waals surface area contributed by atoms with Crippen LogP contribution < -0.4 is 0 Å². The van der Waals surface area contributed by atoms with E-state index in [4.69, 9.17) is 34.9 Å². The molecule has 6 aliphatic rings. The summed E-state index contributed by atoms with van der Waals surface area (Å²) < 4.78 is 0. The summed E-state index contributed by atoms with van der Waals surface area (Å²) in [6, 6.07) is 156. The molecular weight excluding hydrogens is 1500 g/mol. The van der Waals surface area contributed by atoms with Crippen LogP contribution in [0.15, 0.2) is 431 Å². The van der Waals surface area contributed by atoms with Crippen LogP contribution in [0.1, 0.15) is 89.0 Å². The average Bonchev–Trinajstić information content (AvgIpc) is 1.47. The number of fused-ring (bicyclic) bond motifs is 32. The second kappa shape index (κ2) is 26.7. The van der Waals surface area contributed by atoms with Crippen molar-refractivity contribution < 1.29 is 0 Å². The summed E-state index contributed by atoms with van der Waals surface area (Å²) in [5.41, 5.74) is 38.6. The van der Waals surface area contributed by atoms with Crippen molar-refractivity contribution in [2.24, 2.45) is 0 Å². The van der Waals surface area contributed by atoms with Gasteiger partial charge < -0.3 is 0 Å². The lowest BCUT2D eigenvalue weighted by atomic mass is 9.52. The molecule has 3 heterocycles. The van der Waals surface area contributed by atoms with Crippen LogP contribution >= 0.6 is 0 Å². The van der Waals surface area contributed by atoms with Crippen LogP contribution in [-0.2, 0) is 21.7 Å². The first-order valence-corrected chi connectivity index (χ1v) is 42.7. The monoisotopic (exact) mass is 1570 g/mol. The zero-order valence-electron chi connectivity index (χ0n) is 67.1. The van der Waals surface area contributed by atoms with Gasteiger partial charge in [0.05, 0.1) is 27.4 Å². The predicted octanol–water partition coefficient (Wildman–Crippen LogP) is 26.5. The van der Waals surface area contributed by atoms with Gasteiger partial charge in [0.15, 0.2) is 34.9 Å². The van der Waals surface area contributed by atoms with Crippen LogP contribution in [0, 0.1) is 0 Å². The number of aromatic nitrogens is 7. The highest BCUT2D eigenvalue weighted by molar-refractivity contribution is 6.00. The highest BCUT2D eigenvalue weighted by Gasteiger charge is 2.61. The first-order chi connectivity index (χ1) is 61.5. The van der Waals surface area contributed by atoms with Crippen LogP contribution in [-0.4, -0.2) is 34.9 Å². The molecule has 124 heavy (non-hydrogen) atoms. The van der Waals surface area contributed by atoms with E-state index in [1.807, 2.05) is 30.5 Å². The van der Waals surface area contributed by atoms with Gasteiger partial charge in [-0.05, 0) is 174 Å². The van der Waals surface area contributed by atoms with Gasteiger partial charge in [-0.1, -0.05) is 400 Å². The molecule has 6 aliphatic carbocycles. The molecule has 0 N–H and O–H groups in total. The lowest BCUT2D eigenvalue weighted by Crippen LogP contribution is -2.43. The second-order valence-electron chi connectivity index (χ2n) is 33.4. The molecule has 0 fully saturated rings. The fourth-order valence-electron chi connectivity index (χ4n) is 22.9. The van der Waals surface area contributed by atoms with Crippen molar-refractivity contribution in [3.05, 3.63) is 520 Å². The van der Waals surface area contributed by atoms with Gasteiger partial charge in [-0.2, -0.15) is 0 Å². The maximum Gasteiger partial charge on any atom is 0.164 e.